The van der Waals surface area contributed by atoms with Crippen LogP contribution in [0.2, 0.25) is 0 Å². The van der Waals surface area contributed by atoms with Gasteiger partial charge in [-0.05, 0) is 30.0 Å². The average Bonchev–Trinajstić information content (AvgIpc) is 2.13. The van der Waals surface area contributed by atoms with Crippen molar-refractivity contribution >= 4 is 10.1 Å². The number of hydrogen-bond donors (Lipinski definition) is 0. The Morgan fingerprint density at radius 2 is 2.06 bits per heavy atom. The summed E-state index contributed by atoms with van der Waals surface area (Å²) >= 11 is 0. The molecule has 94 valence electrons. The van der Waals surface area contributed by atoms with E-state index in [9.17, 15) is 17.2 Å². The van der Waals surface area contributed by atoms with Crippen LogP contribution in [0, 0.1) is 11.6 Å². The zero-order chi connectivity index (χ0) is 12.6. The van der Waals surface area contributed by atoms with Crippen LogP contribution in [0.3, 0.4) is 0 Å². The first-order chi connectivity index (χ1) is 7.85. The standard InChI is InChI=1S/C11H12F2O3S/c1-17(14,15)16-9-2-3-10-7(5-9)4-8(12)6-11(10)13/h4,6,9H,2-3,5H2,1H3. The van der Waals surface area contributed by atoms with Crippen molar-refractivity contribution < 1.29 is 21.4 Å². The molecule has 1 atom stereocenters. The largest absolute Gasteiger partial charge is 0.267 e. The minimum Gasteiger partial charge on any atom is -0.267 e. The lowest BCUT2D eigenvalue weighted by atomic mass is 9.89. The molecule has 0 N–H and O–H groups in total. The lowest BCUT2D eigenvalue weighted by molar-refractivity contribution is 0.193. The van der Waals surface area contributed by atoms with Crippen molar-refractivity contribution in [3.05, 3.63) is 34.9 Å². The zero-order valence-electron chi connectivity index (χ0n) is 9.24. The Balaban J connectivity index is 2.24. The van der Waals surface area contributed by atoms with E-state index in [1.165, 1.54) is 6.07 Å². The third-order valence-corrected chi connectivity index (χ3v) is 3.35. The summed E-state index contributed by atoms with van der Waals surface area (Å²) in [6.45, 7) is 0. The SMILES string of the molecule is CS(=O)(=O)OC1CCc2c(F)cc(F)cc2C1. The van der Waals surface area contributed by atoms with Gasteiger partial charge in [-0.15, -0.1) is 0 Å². The number of hydrogen-bond acceptors (Lipinski definition) is 3. The van der Waals surface area contributed by atoms with Crippen molar-refractivity contribution in [1.29, 1.82) is 0 Å². The maximum absolute atomic E-state index is 13.4. The van der Waals surface area contributed by atoms with E-state index < -0.39 is 27.9 Å². The molecular formula is C11H12F2O3S. The lowest BCUT2D eigenvalue weighted by Crippen LogP contribution is -2.25. The second kappa shape index (κ2) is 4.34. The van der Waals surface area contributed by atoms with Crippen molar-refractivity contribution in [2.45, 2.75) is 25.4 Å². The number of halogens is 2. The molecule has 6 heteroatoms. The molecule has 1 aliphatic carbocycles. The van der Waals surface area contributed by atoms with E-state index >= 15 is 0 Å². The van der Waals surface area contributed by atoms with E-state index in [4.69, 9.17) is 4.18 Å². The third kappa shape index (κ3) is 3.01. The molecular weight excluding hydrogens is 250 g/mol. The van der Waals surface area contributed by atoms with Gasteiger partial charge in [-0.3, -0.25) is 4.18 Å². The highest BCUT2D eigenvalue weighted by Gasteiger charge is 2.25. The number of benzene rings is 1. The molecule has 0 bridgehead atoms. The van der Waals surface area contributed by atoms with Gasteiger partial charge in [0.25, 0.3) is 10.1 Å². The molecule has 1 aromatic carbocycles. The predicted octanol–water partition coefficient (Wildman–Crippen LogP) is 1.80. The minimum absolute atomic E-state index is 0.219. The maximum Gasteiger partial charge on any atom is 0.264 e. The van der Waals surface area contributed by atoms with Crippen molar-refractivity contribution in [2.24, 2.45) is 0 Å². The highest BCUT2D eigenvalue weighted by Crippen LogP contribution is 2.27. The topological polar surface area (TPSA) is 43.4 Å². The van der Waals surface area contributed by atoms with Crippen LogP contribution < -0.4 is 0 Å². The van der Waals surface area contributed by atoms with E-state index in [-0.39, 0.29) is 6.42 Å². The fraction of sp³-hybridized carbons (Fsp3) is 0.455. The van der Waals surface area contributed by atoms with Crippen LogP contribution in [0.15, 0.2) is 12.1 Å². The summed E-state index contributed by atoms with van der Waals surface area (Å²) in [7, 11) is -3.53. The van der Waals surface area contributed by atoms with E-state index in [1.807, 2.05) is 0 Å². The van der Waals surface area contributed by atoms with Gasteiger partial charge >= 0.3 is 0 Å². The maximum atomic E-state index is 13.4. The lowest BCUT2D eigenvalue weighted by Gasteiger charge is -2.24. The van der Waals surface area contributed by atoms with Gasteiger partial charge in [-0.1, -0.05) is 0 Å². The van der Waals surface area contributed by atoms with E-state index in [0.29, 0.717) is 24.0 Å². The Labute approximate surface area is 98.5 Å². The molecule has 1 aliphatic rings. The predicted molar refractivity (Wildman–Crippen MR) is 58.1 cm³/mol. The summed E-state index contributed by atoms with van der Waals surface area (Å²) in [5.74, 6) is -1.22. The molecule has 0 fully saturated rings. The Bertz CT molecular complexity index is 540. The molecule has 0 amide bonds. The van der Waals surface area contributed by atoms with Gasteiger partial charge in [-0.2, -0.15) is 8.42 Å². The van der Waals surface area contributed by atoms with Crippen LogP contribution in [-0.4, -0.2) is 20.8 Å². The fourth-order valence-electron chi connectivity index (χ4n) is 2.10. The minimum atomic E-state index is -3.53. The van der Waals surface area contributed by atoms with Crippen molar-refractivity contribution in [3.8, 4) is 0 Å². The molecule has 0 saturated heterocycles. The van der Waals surface area contributed by atoms with Gasteiger partial charge < -0.3 is 0 Å². The fourth-order valence-corrected chi connectivity index (χ4v) is 2.76. The summed E-state index contributed by atoms with van der Waals surface area (Å²) < 4.78 is 53.2. The van der Waals surface area contributed by atoms with Crippen molar-refractivity contribution in [2.75, 3.05) is 6.26 Å². The number of fused-ring (bicyclic) bond motifs is 1. The Morgan fingerprint density at radius 1 is 1.35 bits per heavy atom. The molecule has 2 rings (SSSR count). The summed E-state index contributed by atoms with van der Waals surface area (Å²) in [5, 5.41) is 0. The highest BCUT2D eigenvalue weighted by molar-refractivity contribution is 7.86. The molecule has 0 heterocycles. The summed E-state index contributed by atoms with van der Waals surface area (Å²) in [6, 6.07) is 2.08. The smallest absolute Gasteiger partial charge is 0.264 e. The number of rotatable bonds is 2. The van der Waals surface area contributed by atoms with Crippen molar-refractivity contribution in [3.63, 3.8) is 0 Å². The van der Waals surface area contributed by atoms with Crippen LogP contribution in [0.25, 0.3) is 0 Å². The Hall–Kier alpha value is -1.01. The molecule has 0 spiro atoms. The van der Waals surface area contributed by atoms with Gasteiger partial charge in [0, 0.05) is 12.5 Å². The van der Waals surface area contributed by atoms with Gasteiger partial charge in [0.2, 0.25) is 0 Å². The average molecular weight is 262 g/mol. The summed E-state index contributed by atoms with van der Waals surface area (Å²) in [6.07, 6.45) is 1.44. The summed E-state index contributed by atoms with van der Waals surface area (Å²) in [4.78, 5) is 0. The van der Waals surface area contributed by atoms with Gasteiger partial charge in [0.15, 0.2) is 0 Å². The quantitative estimate of drug-likeness (QED) is 0.763. The first kappa shape index (κ1) is 12.4. The molecule has 3 nitrogen and oxygen atoms in total. The van der Waals surface area contributed by atoms with Gasteiger partial charge in [0.05, 0.1) is 12.4 Å². The van der Waals surface area contributed by atoms with Crippen LogP contribution in [0.5, 0.6) is 0 Å². The third-order valence-electron chi connectivity index (χ3n) is 2.73. The van der Waals surface area contributed by atoms with Crippen LogP contribution in [-0.2, 0) is 27.1 Å². The van der Waals surface area contributed by atoms with E-state index in [2.05, 4.69) is 0 Å². The van der Waals surface area contributed by atoms with Gasteiger partial charge in [0.1, 0.15) is 11.6 Å². The van der Waals surface area contributed by atoms with E-state index in [0.717, 1.165) is 12.3 Å². The van der Waals surface area contributed by atoms with Gasteiger partial charge in [-0.25, -0.2) is 8.78 Å². The molecule has 17 heavy (non-hydrogen) atoms. The molecule has 0 radical (unpaired) electrons. The first-order valence-corrected chi connectivity index (χ1v) is 7.02. The van der Waals surface area contributed by atoms with Crippen LogP contribution in [0.4, 0.5) is 8.78 Å². The Morgan fingerprint density at radius 3 is 2.71 bits per heavy atom. The highest BCUT2D eigenvalue weighted by atomic mass is 32.2. The second-order valence-corrected chi connectivity index (χ2v) is 5.79. The summed E-state index contributed by atoms with van der Waals surface area (Å²) in [5.41, 5.74) is 0.946. The van der Waals surface area contributed by atoms with Crippen LogP contribution >= 0.6 is 0 Å². The Kier molecular flexibility index (Phi) is 3.18. The molecule has 0 aliphatic heterocycles. The monoisotopic (exact) mass is 262 g/mol. The second-order valence-electron chi connectivity index (χ2n) is 4.19. The normalized spacial score (nSPS) is 20.1. The van der Waals surface area contributed by atoms with Crippen LogP contribution in [0.1, 0.15) is 17.5 Å². The van der Waals surface area contributed by atoms with Crippen molar-refractivity contribution in [1.82, 2.24) is 0 Å². The molecule has 1 unspecified atom stereocenters. The zero-order valence-corrected chi connectivity index (χ0v) is 10.1. The molecule has 0 aromatic heterocycles. The molecule has 0 saturated carbocycles. The van der Waals surface area contributed by atoms with E-state index in [1.54, 1.807) is 0 Å². The molecule has 1 aromatic rings. The first-order valence-electron chi connectivity index (χ1n) is 5.20.